The van der Waals surface area contributed by atoms with Crippen molar-refractivity contribution in [3.8, 4) is 34.3 Å². The van der Waals surface area contributed by atoms with E-state index in [2.05, 4.69) is 15.5 Å². The van der Waals surface area contributed by atoms with Crippen LogP contribution in [-0.2, 0) is 11.3 Å². The number of carbonyl (C=O) groups excluding carboxylic acids is 1. The van der Waals surface area contributed by atoms with Crippen LogP contribution in [0.5, 0.6) is 11.5 Å². The predicted octanol–water partition coefficient (Wildman–Crippen LogP) is 3.70. The summed E-state index contributed by atoms with van der Waals surface area (Å²) in [4.78, 5) is 16.4. The summed E-state index contributed by atoms with van der Waals surface area (Å²) in [5.41, 5.74) is 1.54. The first-order valence-corrected chi connectivity index (χ1v) is 9.22. The van der Waals surface area contributed by atoms with Gasteiger partial charge in [-0.15, -0.1) is 0 Å². The van der Waals surface area contributed by atoms with Crippen molar-refractivity contribution >= 4 is 5.91 Å². The molecule has 2 aromatic carbocycles. The van der Waals surface area contributed by atoms with Crippen molar-refractivity contribution in [3.63, 3.8) is 0 Å². The molecule has 152 valence electrons. The first kappa shape index (κ1) is 19.3. The van der Waals surface area contributed by atoms with Crippen LogP contribution in [0.15, 0.2) is 75.9 Å². The molecule has 0 spiro atoms. The number of hydrogen-bond acceptors (Lipinski definition) is 7. The predicted molar refractivity (Wildman–Crippen MR) is 108 cm³/mol. The first-order valence-electron chi connectivity index (χ1n) is 9.22. The summed E-state index contributed by atoms with van der Waals surface area (Å²) in [5.74, 6) is 2.13. The number of amides is 1. The molecular formula is C22H19N3O5. The molecule has 0 saturated carbocycles. The number of carbonyl (C=O) groups is 1. The zero-order valence-electron chi connectivity index (χ0n) is 16.2. The Bertz CT molecular complexity index is 1110. The third-order valence-corrected chi connectivity index (χ3v) is 4.27. The van der Waals surface area contributed by atoms with Crippen molar-refractivity contribution in [3.05, 3.63) is 72.7 Å². The van der Waals surface area contributed by atoms with Gasteiger partial charge in [0, 0.05) is 11.1 Å². The van der Waals surface area contributed by atoms with Gasteiger partial charge in [-0.3, -0.25) is 4.79 Å². The van der Waals surface area contributed by atoms with Gasteiger partial charge in [0.1, 0.15) is 5.76 Å². The van der Waals surface area contributed by atoms with Crippen LogP contribution in [0.3, 0.4) is 0 Å². The van der Waals surface area contributed by atoms with Crippen LogP contribution < -0.4 is 14.8 Å². The number of methoxy groups -OCH3 is 1. The Balaban J connectivity index is 1.41. The molecule has 8 heteroatoms. The van der Waals surface area contributed by atoms with Gasteiger partial charge in [0.15, 0.2) is 18.1 Å². The summed E-state index contributed by atoms with van der Waals surface area (Å²) >= 11 is 0. The molecule has 4 rings (SSSR count). The SMILES string of the molecule is COc1cc(-c2noc(-c3ccccc3)n2)ccc1OCC(=O)NCc1ccco1. The fourth-order valence-electron chi connectivity index (χ4n) is 2.76. The molecule has 8 nitrogen and oxygen atoms in total. The number of nitrogens with one attached hydrogen (secondary N) is 1. The molecule has 0 atom stereocenters. The average molecular weight is 405 g/mol. The zero-order valence-corrected chi connectivity index (χ0v) is 16.2. The first-order chi connectivity index (χ1) is 14.7. The fraction of sp³-hybridized carbons (Fsp3) is 0.136. The van der Waals surface area contributed by atoms with Crippen LogP contribution in [0.4, 0.5) is 0 Å². The lowest BCUT2D eigenvalue weighted by Crippen LogP contribution is -2.28. The number of ether oxygens (including phenoxy) is 2. The number of rotatable bonds is 8. The Morgan fingerprint density at radius 3 is 2.67 bits per heavy atom. The van der Waals surface area contributed by atoms with Crippen LogP contribution in [0.1, 0.15) is 5.76 Å². The molecular weight excluding hydrogens is 386 g/mol. The molecule has 0 radical (unpaired) electrons. The van der Waals surface area contributed by atoms with Gasteiger partial charge < -0.3 is 23.7 Å². The second-order valence-electron chi connectivity index (χ2n) is 6.30. The highest BCUT2D eigenvalue weighted by Crippen LogP contribution is 2.32. The van der Waals surface area contributed by atoms with E-state index in [1.54, 1.807) is 36.6 Å². The van der Waals surface area contributed by atoms with Gasteiger partial charge in [-0.25, -0.2) is 0 Å². The Morgan fingerprint density at radius 2 is 1.90 bits per heavy atom. The fourth-order valence-corrected chi connectivity index (χ4v) is 2.76. The summed E-state index contributed by atoms with van der Waals surface area (Å²) in [6.45, 7) is 0.142. The number of furan rings is 1. The smallest absolute Gasteiger partial charge is 0.258 e. The number of aromatic nitrogens is 2. The quantitative estimate of drug-likeness (QED) is 0.477. The van der Waals surface area contributed by atoms with E-state index in [-0.39, 0.29) is 12.5 Å². The van der Waals surface area contributed by atoms with Gasteiger partial charge in [0.05, 0.1) is 19.9 Å². The van der Waals surface area contributed by atoms with Crippen molar-refractivity contribution < 1.29 is 23.2 Å². The van der Waals surface area contributed by atoms with E-state index < -0.39 is 0 Å². The average Bonchev–Trinajstić information content (AvgIpc) is 3.49. The van der Waals surface area contributed by atoms with Gasteiger partial charge in [-0.2, -0.15) is 4.98 Å². The molecule has 2 heterocycles. The highest BCUT2D eigenvalue weighted by molar-refractivity contribution is 5.77. The standard InChI is InChI=1S/C22H19N3O5/c1-27-19-12-16(21-24-22(30-25-21)15-6-3-2-4-7-15)9-10-18(19)29-14-20(26)23-13-17-8-5-11-28-17/h2-12H,13-14H2,1H3,(H,23,26). The Morgan fingerprint density at radius 1 is 1.03 bits per heavy atom. The van der Waals surface area contributed by atoms with Gasteiger partial charge in [-0.1, -0.05) is 23.4 Å². The van der Waals surface area contributed by atoms with E-state index >= 15 is 0 Å². The molecule has 0 unspecified atom stereocenters. The van der Waals surface area contributed by atoms with Gasteiger partial charge in [0.25, 0.3) is 11.8 Å². The molecule has 0 fully saturated rings. The van der Waals surface area contributed by atoms with Crippen molar-refractivity contribution in [2.24, 2.45) is 0 Å². The minimum Gasteiger partial charge on any atom is -0.493 e. The highest BCUT2D eigenvalue weighted by atomic mass is 16.5. The summed E-state index contributed by atoms with van der Waals surface area (Å²) in [6.07, 6.45) is 1.55. The largest absolute Gasteiger partial charge is 0.493 e. The van der Waals surface area contributed by atoms with Crippen molar-refractivity contribution in [2.75, 3.05) is 13.7 Å². The maximum absolute atomic E-state index is 12.0. The molecule has 0 aliphatic rings. The molecule has 0 aliphatic carbocycles. The van der Waals surface area contributed by atoms with Crippen molar-refractivity contribution in [2.45, 2.75) is 6.54 Å². The monoisotopic (exact) mass is 405 g/mol. The Hall–Kier alpha value is -4.07. The van der Waals surface area contributed by atoms with E-state index in [0.29, 0.717) is 41.1 Å². The molecule has 2 aromatic heterocycles. The van der Waals surface area contributed by atoms with Crippen LogP contribution in [0, 0.1) is 0 Å². The van der Waals surface area contributed by atoms with Gasteiger partial charge in [0.2, 0.25) is 5.82 Å². The number of hydrogen-bond donors (Lipinski definition) is 1. The van der Waals surface area contributed by atoms with E-state index in [9.17, 15) is 4.79 Å². The molecule has 0 saturated heterocycles. The third kappa shape index (κ3) is 4.49. The molecule has 0 bridgehead atoms. The van der Waals surface area contributed by atoms with Crippen LogP contribution >= 0.6 is 0 Å². The second kappa shape index (κ2) is 8.95. The van der Waals surface area contributed by atoms with Crippen LogP contribution in [0.2, 0.25) is 0 Å². The maximum atomic E-state index is 12.0. The summed E-state index contributed by atoms with van der Waals surface area (Å²) in [6, 6.07) is 18.3. The van der Waals surface area contributed by atoms with Gasteiger partial charge in [-0.05, 0) is 42.5 Å². The minimum atomic E-state index is -0.275. The lowest BCUT2D eigenvalue weighted by molar-refractivity contribution is -0.123. The molecule has 0 aliphatic heterocycles. The Kier molecular flexibility index (Phi) is 5.75. The molecule has 1 N–H and O–H groups in total. The number of nitrogens with zero attached hydrogens (tertiary/aromatic N) is 2. The zero-order chi connectivity index (χ0) is 20.8. The van der Waals surface area contributed by atoms with Crippen LogP contribution in [0.25, 0.3) is 22.8 Å². The van der Waals surface area contributed by atoms with E-state index in [1.807, 2.05) is 30.3 Å². The summed E-state index contributed by atoms with van der Waals surface area (Å²) in [5, 5.41) is 6.75. The molecule has 30 heavy (non-hydrogen) atoms. The van der Waals surface area contributed by atoms with Crippen molar-refractivity contribution in [1.29, 1.82) is 0 Å². The topological polar surface area (TPSA) is 99.6 Å². The molecule has 4 aromatic rings. The summed E-state index contributed by atoms with van der Waals surface area (Å²) < 4.78 is 21.5. The maximum Gasteiger partial charge on any atom is 0.258 e. The minimum absolute atomic E-state index is 0.156. The Labute approximate surface area is 172 Å². The third-order valence-electron chi connectivity index (χ3n) is 4.27. The van der Waals surface area contributed by atoms with Crippen LogP contribution in [-0.4, -0.2) is 29.8 Å². The lowest BCUT2D eigenvalue weighted by Gasteiger charge is -2.11. The highest BCUT2D eigenvalue weighted by Gasteiger charge is 2.14. The van der Waals surface area contributed by atoms with E-state index in [4.69, 9.17) is 18.4 Å². The normalized spacial score (nSPS) is 10.6. The van der Waals surface area contributed by atoms with E-state index in [0.717, 1.165) is 5.56 Å². The van der Waals surface area contributed by atoms with E-state index in [1.165, 1.54) is 7.11 Å². The lowest BCUT2D eigenvalue weighted by atomic mass is 10.2. The van der Waals surface area contributed by atoms with Gasteiger partial charge >= 0.3 is 0 Å². The molecule has 1 amide bonds. The second-order valence-corrected chi connectivity index (χ2v) is 6.30. The van der Waals surface area contributed by atoms with Crippen molar-refractivity contribution in [1.82, 2.24) is 15.5 Å². The summed E-state index contributed by atoms with van der Waals surface area (Å²) in [7, 11) is 1.52. The number of benzene rings is 2.